The Morgan fingerprint density at radius 2 is 2.00 bits per heavy atom. The Balaban J connectivity index is 1.70. The van der Waals surface area contributed by atoms with E-state index in [0.717, 1.165) is 22.2 Å². The molecule has 2 aromatic carbocycles. The van der Waals surface area contributed by atoms with E-state index in [-0.39, 0.29) is 5.91 Å². The minimum atomic E-state index is -0.0975. The quantitative estimate of drug-likeness (QED) is 0.766. The number of benzene rings is 2. The van der Waals surface area contributed by atoms with Crippen molar-refractivity contribution in [3.05, 3.63) is 64.8 Å². The molecule has 0 saturated heterocycles. The summed E-state index contributed by atoms with van der Waals surface area (Å²) in [6, 6.07) is 15.3. The maximum absolute atomic E-state index is 12.5. The van der Waals surface area contributed by atoms with Crippen LogP contribution < -0.4 is 10.1 Å². The maximum atomic E-state index is 12.5. The molecule has 1 heterocycles. The van der Waals surface area contributed by atoms with Gasteiger partial charge in [0.05, 0.1) is 7.11 Å². The van der Waals surface area contributed by atoms with E-state index in [9.17, 15) is 4.79 Å². The van der Waals surface area contributed by atoms with E-state index < -0.39 is 0 Å². The molecule has 0 spiro atoms. The van der Waals surface area contributed by atoms with Gasteiger partial charge in [-0.25, -0.2) is 0 Å². The van der Waals surface area contributed by atoms with Crippen molar-refractivity contribution in [2.75, 3.05) is 13.7 Å². The lowest BCUT2D eigenvalue weighted by Gasteiger charge is -2.09. The third kappa shape index (κ3) is 3.24. The first-order chi connectivity index (χ1) is 11.6. The molecule has 0 aliphatic heterocycles. The zero-order valence-corrected chi connectivity index (χ0v) is 14.4. The van der Waals surface area contributed by atoms with Crippen molar-refractivity contribution in [2.45, 2.75) is 6.42 Å². The van der Waals surface area contributed by atoms with Crippen LogP contribution in [0.2, 0.25) is 5.02 Å². The van der Waals surface area contributed by atoms with Crippen molar-refractivity contribution < 1.29 is 9.53 Å². The van der Waals surface area contributed by atoms with Gasteiger partial charge in [0.25, 0.3) is 5.91 Å². The van der Waals surface area contributed by atoms with Crippen LogP contribution in [-0.4, -0.2) is 24.1 Å². The van der Waals surface area contributed by atoms with Crippen molar-refractivity contribution in [2.24, 2.45) is 7.05 Å². The first-order valence-corrected chi connectivity index (χ1v) is 8.13. The van der Waals surface area contributed by atoms with Crippen LogP contribution in [-0.2, 0) is 13.5 Å². The van der Waals surface area contributed by atoms with E-state index in [0.29, 0.717) is 23.7 Å². The number of methoxy groups -OCH3 is 1. The number of amides is 1. The third-order valence-electron chi connectivity index (χ3n) is 4.11. The van der Waals surface area contributed by atoms with Gasteiger partial charge in [0.1, 0.15) is 11.4 Å². The Bertz CT molecular complexity index is 886. The van der Waals surface area contributed by atoms with Gasteiger partial charge in [0.2, 0.25) is 0 Å². The van der Waals surface area contributed by atoms with E-state index in [1.807, 2.05) is 60.1 Å². The van der Waals surface area contributed by atoms with Gasteiger partial charge in [0.15, 0.2) is 0 Å². The molecule has 124 valence electrons. The molecule has 1 aromatic heterocycles. The van der Waals surface area contributed by atoms with Crippen LogP contribution in [0.3, 0.4) is 0 Å². The number of nitrogens with zero attached hydrogens (tertiary/aromatic N) is 1. The summed E-state index contributed by atoms with van der Waals surface area (Å²) in [6.07, 6.45) is 0.714. The standard InChI is InChI=1S/C19H19ClN2O2/c1-22-16-12-15(20)8-7-14(16)11-17(22)19(23)21-10-9-13-5-3-4-6-18(13)24-2/h3-8,11-12H,9-10H2,1-2H3,(H,21,23). The molecule has 1 amide bonds. The average Bonchev–Trinajstić information content (AvgIpc) is 2.92. The highest BCUT2D eigenvalue weighted by atomic mass is 35.5. The lowest BCUT2D eigenvalue weighted by Crippen LogP contribution is -2.27. The average molecular weight is 343 g/mol. The third-order valence-corrected chi connectivity index (χ3v) is 4.35. The first kappa shape index (κ1) is 16.4. The van der Waals surface area contributed by atoms with E-state index in [1.54, 1.807) is 7.11 Å². The van der Waals surface area contributed by atoms with Gasteiger partial charge in [-0.1, -0.05) is 35.9 Å². The fourth-order valence-electron chi connectivity index (χ4n) is 2.83. The Kier molecular flexibility index (Phi) is 4.76. The zero-order valence-electron chi connectivity index (χ0n) is 13.7. The summed E-state index contributed by atoms with van der Waals surface area (Å²) in [5, 5.41) is 4.62. The number of halogens is 1. The van der Waals surface area contributed by atoms with E-state index in [1.165, 1.54) is 0 Å². The summed E-state index contributed by atoms with van der Waals surface area (Å²) < 4.78 is 7.19. The molecule has 0 radical (unpaired) electrons. The van der Waals surface area contributed by atoms with Crippen molar-refractivity contribution in [1.29, 1.82) is 0 Å². The lowest BCUT2D eigenvalue weighted by atomic mass is 10.1. The topological polar surface area (TPSA) is 43.3 Å². The van der Waals surface area contributed by atoms with Crippen LogP contribution in [0.25, 0.3) is 10.9 Å². The molecule has 0 saturated carbocycles. The zero-order chi connectivity index (χ0) is 17.1. The molecule has 5 heteroatoms. The second-order valence-corrected chi connectivity index (χ2v) is 6.05. The van der Waals surface area contributed by atoms with Crippen LogP contribution in [0.15, 0.2) is 48.5 Å². The number of aromatic nitrogens is 1. The summed E-state index contributed by atoms with van der Waals surface area (Å²) in [6.45, 7) is 0.543. The molecule has 3 rings (SSSR count). The molecule has 1 N–H and O–H groups in total. The molecule has 0 fully saturated rings. The molecule has 24 heavy (non-hydrogen) atoms. The largest absolute Gasteiger partial charge is 0.496 e. The number of carbonyl (C=O) groups excluding carboxylic acids is 1. The number of ether oxygens (including phenoxy) is 1. The maximum Gasteiger partial charge on any atom is 0.267 e. The molecule has 0 aliphatic rings. The lowest BCUT2D eigenvalue weighted by molar-refractivity contribution is 0.0946. The smallest absolute Gasteiger partial charge is 0.267 e. The van der Waals surface area contributed by atoms with E-state index in [4.69, 9.17) is 16.3 Å². The number of aryl methyl sites for hydroxylation is 1. The number of hydrogen-bond acceptors (Lipinski definition) is 2. The van der Waals surface area contributed by atoms with Gasteiger partial charge in [-0.05, 0) is 36.2 Å². The van der Waals surface area contributed by atoms with Crippen molar-refractivity contribution in [3.8, 4) is 5.75 Å². The second kappa shape index (κ2) is 6.97. The van der Waals surface area contributed by atoms with Crippen LogP contribution in [0.5, 0.6) is 5.75 Å². The minimum absolute atomic E-state index is 0.0975. The van der Waals surface area contributed by atoms with Gasteiger partial charge in [0, 0.05) is 29.5 Å². The predicted octanol–water partition coefficient (Wildman–Crippen LogP) is 3.81. The van der Waals surface area contributed by atoms with Gasteiger partial charge in [-0.3, -0.25) is 4.79 Å². The SMILES string of the molecule is COc1ccccc1CCNC(=O)c1cc2ccc(Cl)cc2n1C. The Morgan fingerprint density at radius 3 is 2.79 bits per heavy atom. The minimum Gasteiger partial charge on any atom is -0.496 e. The summed E-state index contributed by atoms with van der Waals surface area (Å²) in [7, 11) is 3.52. The number of rotatable bonds is 5. The molecule has 0 bridgehead atoms. The van der Waals surface area contributed by atoms with Crippen molar-refractivity contribution >= 4 is 28.4 Å². The molecule has 4 nitrogen and oxygen atoms in total. The predicted molar refractivity (Wildman–Crippen MR) is 97.0 cm³/mol. The molecule has 0 aliphatic carbocycles. The molecule has 0 atom stereocenters. The molecule has 3 aromatic rings. The van der Waals surface area contributed by atoms with Crippen LogP contribution >= 0.6 is 11.6 Å². The normalized spacial score (nSPS) is 10.8. The number of hydrogen-bond donors (Lipinski definition) is 1. The van der Waals surface area contributed by atoms with Crippen LogP contribution in [0.1, 0.15) is 16.1 Å². The van der Waals surface area contributed by atoms with Gasteiger partial charge < -0.3 is 14.6 Å². The number of carbonyl (C=O) groups is 1. The Hall–Kier alpha value is -2.46. The fourth-order valence-corrected chi connectivity index (χ4v) is 3.00. The van der Waals surface area contributed by atoms with Gasteiger partial charge in [-0.15, -0.1) is 0 Å². The molecular formula is C19H19ClN2O2. The summed E-state index contributed by atoms with van der Waals surface area (Å²) >= 11 is 6.03. The number of nitrogens with one attached hydrogen (secondary N) is 1. The van der Waals surface area contributed by atoms with Crippen molar-refractivity contribution in [1.82, 2.24) is 9.88 Å². The fraction of sp³-hybridized carbons (Fsp3) is 0.211. The van der Waals surface area contributed by atoms with E-state index >= 15 is 0 Å². The van der Waals surface area contributed by atoms with E-state index in [2.05, 4.69) is 5.32 Å². The Labute approximate surface area is 146 Å². The molecule has 0 unspecified atom stereocenters. The van der Waals surface area contributed by atoms with Crippen molar-refractivity contribution in [3.63, 3.8) is 0 Å². The van der Waals surface area contributed by atoms with Gasteiger partial charge in [-0.2, -0.15) is 0 Å². The highest BCUT2D eigenvalue weighted by Gasteiger charge is 2.13. The second-order valence-electron chi connectivity index (χ2n) is 5.61. The van der Waals surface area contributed by atoms with Gasteiger partial charge >= 0.3 is 0 Å². The summed E-state index contributed by atoms with van der Waals surface area (Å²) in [4.78, 5) is 12.5. The van der Waals surface area contributed by atoms with Crippen LogP contribution in [0.4, 0.5) is 0 Å². The highest BCUT2D eigenvalue weighted by molar-refractivity contribution is 6.31. The summed E-state index contributed by atoms with van der Waals surface area (Å²) in [5.41, 5.74) is 2.63. The molecular weight excluding hydrogens is 324 g/mol. The summed E-state index contributed by atoms with van der Waals surface area (Å²) in [5.74, 6) is 0.741. The number of para-hydroxylation sites is 1. The number of fused-ring (bicyclic) bond motifs is 1. The van der Waals surface area contributed by atoms with Crippen LogP contribution in [0, 0.1) is 0 Å². The monoisotopic (exact) mass is 342 g/mol. The first-order valence-electron chi connectivity index (χ1n) is 7.75. The Morgan fingerprint density at radius 1 is 1.21 bits per heavy atom. The highest BCUT2D eigenvalue weighted by Crippen LogP contribution is 2.22.